The summed E-state index contributed by atoms with van der Waals surface area (Å²) in [7, 11) is 3.40. The predicted molar refractivity (Wildman–Crippen MR) is 67.3 cm³/mol. The molecule has 92 valence electrons. The van der Waals surface area contributed by atoms with Crippen molar-refractivity contribution in [3.63, 3.8) is 0 Å². The van der Waals surface area contributed by atoms with Gasteiger partial charge in [-0.05, 0) is 35.1 Å². The van der Waals surface area contributed by atoms with E-state index in [9.17, 15) is 4.39 Å². The molecule has 0 amide bonds. The molecule has 1 aromatic heterocycles. The number of fused-ring (bicyclic) bond motifs is 1. The maximum absolute atomic E-state index is 13.8. The number of benzene rings is 1. The zero-order chi connectivity index (χ0) is 12.4. The summed E-state index contributed by atoms with van der Waals surface area (Å²) in [6, 6.07) is 3.06. The summed E-state index contributed by atoms with van der Waals surface area (Å²) in [5, 5.41) is 3.49. The predicted octanol–water partition coefficient (Wildman–Crippen LogP) is 3.20. The molecule has 2 aromatic rings. The van der Waals surface area contributed by atoms with Crippen molar-refractivity contribution in [3.8, 4) is 0 Å². The first-order chi connectivity index (χ1) is 8.19. The van der Waals surface area contributed by atoms with E-state index in [-0.39, 0.29) is 5.82 Å². The van der Waals surface area contributed by atoms with Crippen LogP contribution in [0.25, 0.3) is 11.0 Å². The Labute approximate surface area is 107 Å². The molecule has 0 fully saturated rings. The van der Waals surface area contributed by atoms with Gasteiger partial charge in [-0.2, -0.15) is 0 Å². The van der Waals surface area contributed by atoms with E-state index in [1.165, 1.54) is 6.07 Å². The van der Waals surface area contributed by atoms with E-state index in [0.29, 0.717) is 29.9 Å². The maximum Gasteiger partial charge on any atom is 0.151 e. The van der Waals surface area contributed by atoms with Crippen LogP contribution >= 0.6 is 15.9 Å². The Morgan fingerprint density at radius 3 is 2.88 bits per heavy atom. The lowest BCUT2D eigenvalue weighted by atomic mass is 10.1. The van der Waals surface area contributed by atoms with Gasteiger partial charge in [0.2, 0.25) is 0 Å². The van der Waals surface area contributed by atoms with E-state index in [4.69, 9.17) is 9.15 Å². The van der Waals surface area contributed by atoms with Crippen molar-refractivity contribution < 1.29 is 13.5 Å². The Balaban J connectivity index is 2.70. The Hall–Kier alpha value is -0.910. The molecule has 0 atom stereocenters. The Morgan fingerprint density at radius 1 is 1.47 bits per heavy atom. The molecule has 1 aromatic carbocycles. The summed E-state index contributed by atoms with van der Waals surface area (Å²) in [6.45, 7) is 0.872. The zero-order valence-electron chi connectivity index (χ0n) is 9.64. The second-order valence-corrected chi connectivity index (χ2v) is 4.55. The molecule has 3 nitrogen and oxygen atoms in total. The van der Waals surface area contributed by atoms with Gasteiger partial charge in [0.15, 0.2) is 5.58 Å². The molecule has 5 heteroatoms. The Morgan fingerprint density at radius 2 is 2.24 bits per heavy atom. The van der Waals surface area contributed by atoms with Crippen molar-refractivity contribution in [1.29, 1.82) is 0 Å². The van der Waals surface area contributed by atoms with Gasteiger partial charge in [0.1, 0.15) is 11.6 Å². The smallest absolute Gasteiger partial charge is 0.151 e. The summed E-state index contributed by atoms with van der Waals surface area (Å²) in [5.74, 6) is 0.413. The second-order valence-electron chi connectivity index (χ2n) is 3.70. The van der Waals surface area contributed by atoms with E-state index in [1.54, 1.807) is 13.2 Å². The monoisotopic (exact) mass is 301 g/mol. The minimum absolute atomic E-state index is 0.290. The lowest BCUT2D eigenvalue weighted by Gasteiger charge is -2.01. The normalized spacial score (nSPS) is 11.3. The number of hydrogen-bond donors (Lipinski definition) is 1. The van der Waals surface area contributed by atoms with Gasteiger partial charge in [-0.3, -0.25) is 0 Å². The highest BCUT2D eigenvalue weighted by atomic mass is 79.9. The molecule has 17 heavy (non-hydrogen) atoms. The summed E-state index contributed by atoms with van der Waals surface area (Å²) in [4.78, 5) is 0. The summed E-state index contributed by atoms with van der Waals surface area (Å²) < 4.78 is 25.4. The molecule has 1 N–H and O–H groups in total. The number of rotatable bonds is 4. The molecule has 0 spiro atoms. The number of methoxy groups -OCH3 is 1. The van der Waals surface area contributed by atoms with E-state index < -0.39 is 0 Å². The topological polar surface area (TPSA) is 34.4 Å². The van der Waals surface area contributed by atoms with Crippen molar-refractivity contribution in [1.82, 2.24) is 5.32 Å². The summed E-state index contributed by atoms with van der Waals surface area (Å²) >= 11 is 3.36. The lowest BCUT2D eigenvalue weighted by molar-refractivity contribution is 0.183. The maximum atomic E-state index is 13.8. The molecule has 1 heterocycles. The molecule has 0 radical (unpaired) electrons. The molecule has 0 aliphatic rings. The molecule has 0 aliphatic carbocycles. The first-order valence-electron chi connectivity index (χ1n) is 5.20. The minimum Gasteiger partial charge on any atom is -0.458 e. The van der Waals surface area contributed by atoms with Crippen molar-refractivity contribution in [2.24, 2.45) is 0 Å². The summed E-state index contributed by atoms with van der Waals surface area (Å²) in [6.07, 6.45) is 0. The van der Waals surface area contributed by atoms with Crippen molar-refractivity contribution >= 4 is 26.9 Å². The van der Waals surface area contributed by atoms with Crippen LogP contribution in [-0.4, -0.2) is 14.2 Å². The molecular formula is C12H13BrFNO2. The van der Waals surface area contributed by atoms with Crippen LogP contribution in [0.3, 0.4) is 0 Å². The third-order valence-electron chi connectivity index (χ3n) is 2.55. The van der Waals surface area contributed by atoms with Crippen molar-refractivity contribution in [2.45, 2.75) is 13.2 Å². The molecule has 0 saturated carbocycles. The van der Waals surface area contributed by atoms with E-state index in [0.717, 1.165) is 10.0 Å². The van der Waals surface area contributed by atoms with Gasteiger partial charge >= 0.3 is 0 Å². The quantitative estimate of drug-likeness (QED) is 0.942. The number of ether oxygens (including phenoxy) is 1. The standard InChI is InChI=1S/C12H13BrFNO2/c1-15-5-10-7(6-16-2)11-9(14)4-3-8(13)12(11)17-10/h3-4,15H,5-6H2,1-2H3. The minimum atomic E-state index is -0.290. The molecule has 0 unspecified atom stereocenters. The van der Waals surface area contributed by atoms with Gasteiger partial charge < -0.3 is 14.5 Å². The largest absolute Gasteiger partial charge is 0.458 e. The highest BCUT2D eigenvalue weighted by molar-refractivity contribution is 9.10. The molecule has 0 saturated heterocycles. The van der Waals surface area contributed by atoms with Gasteiger partial charge in [0.25, 0.3) is 0 Å². The molecule has 0 aliphatic heterocycles. The molecule has 2 rings (SSSR count). The van der Waals surface area contributed by atoms with Crippen molar-refractivity contribution in [3.05, 3.63) is 33.7 Å². The van der Waals surface area contributed by atoms with Gasteiger partial charge in [-0.1, -0.05) is 0 Å². The van der Waals surface area contributed by atoms with Crippen LogP contribution < -0.4 is 5.32 Å². The fourth-order valence-corrected chi connectivity index (χ4v) is 2.25. The number of nitrogens with one attached hydrogen (secondary N) is 1. The van der Waals surface area contributed by atoms with Crippen LogP contribution in [0.1, 0.15) is 11.3 Å². The zero-order valence-corrected chi connectivity index (χ0v) is 11.2. The van der Waals surface area contributed by atoms with Crippen molar-refractivity contribution in [2.75, 3.05) is 14.2 Å². The SMILES string of the molecule is CNCc1oc2c(Br)ccc(F)c2c1COC. The lowest BCUT2D eigenvalue weighted by Crippen LogP contribution is -2.06. The number of hydrogen-bond acceptors (Lipinski definition) is 3. The van der Waals surface area contributed by atoms with Crippen LogP contribution in [0.4, 0.5) is 4.39 Å². The Kier molecular flexibility index (Phi) is 3.81. The van der Waals surface area contributed by atoms with Gasteiger partial charge in [0.05, 0.1) is 23.0 Å². The third kappa shape index (κ3) is 2.22. The van der Waals surface area contributed by atoms with Crippen LogP contribution in [0, 0.1) is 5.82 Å². The molecule has 0 bridgehead atoms. The van der Waals surface area contributed by atoms with Crippen LogP contribution in [0.2, 0.25) is 0 Å². The van der Waals surface area contributed by atoms with Gasteiger partial charge in [-0.25, -0.2) is 4.39 Å². The third-order valence-corrected chi connectivity index (χ3v) is 3.17. The van der Waals surface area contributed by atoms with E-state index >= 15 is 0 Å². The average molecular weight is 302 g/mol. The summed E-state index contributed by atoms with van der Waals surface area (Å²) in [5.41, 5.74) is 1.29. The Bertz CT molecular complexity index is 539. The van der Waals surface area contributed by atoms with Gasteiger partial charge in [0, 0.05) is 12.7 Å². The van der Waals surface area contributed by atoms with Crippen LogP contribution in [0.15, 0.2) is 21.0 Å². The highest BCUT2D eigenvalue weighted by Gasteiger charge is 2.18. The van der Waals surface area contributed by atoms with E-state index in [2.05, 4.69) is 21.2 Å². The number of furan rings is 1. The molecular weight excluding hydrogens is 289 g/mol. The first kappa shape index (κ1) is 12.5. The average Bonchev–Trinajstić information content (AvgIpc) is 2.66. The van der Waals surface area contributed by atoms with E-state index in [1.807, 2.05) is 7.05 Å². The fraction of sp³-hybridized carbons (Fsp3) is 0.333. The number of halogens is 2. The fourth-order valence-electron chi connectivity index (χ4n) is 1.84. The first-order valence-corrected chi connectivity index (χ1v) is 6.00. The van der Waals surface area contributed by atoms with Crippen LogP contribution in [-0.2, 0) is 17.9 Å². The highest BCUT2D eigenvalue weighted by Crippen LogP contribution is 2.33. The second kappa shape index (κ2) is 5.16. The van der Waals surface area contributed by atoms with Crippen LogP contribution in [0.5, 0.6) is 0 Å². The van der Waals surface area contributed by atoms with Gasteiger partial charge in [-0.15, -0.1) is 0 Å².